The number of H-pyrrole nitrogens is 1. The third kappa shape index (κ3) is 3.56. The van der Waals surface area contributed by atoms with Crippen LogP contribution in [0.3, 0.4) is 0 Å². The van der Waals surface area contributed by atoms with Gasteiger partial charge in [-0.05, 0) is 18.9 Å². The first-order valence-corrected chi connectivity index (χ1v) is 8.97. The lowest BCUT2D eigenvalue weighted by Crippen LogP contribution is -2.43. The highest BCUT2D eigenvalue weighted by atomic mass is 19.1. The summed E-state index contributed by atoms with van der Waals surface area (Å²) in [4.78, 5) is 16.0. The number of carbonyl (C=O) groups excluding carboxylic acids is 1. The lowest BCUT2D eigenvalue weighted by molar-refractivity contribution is 0.0995. The molecule has 1 saturated carbocycles. The van der Waals surface area contributed by atoms with Crippen LogP contribution >= 0.6 is 0 Å². The highest BCUT2D eigenvalue weighted by Crippen LogP contribution is 2.26. The molecule has 1 amide bonds. The molecule has 2 heterocycles. The lowest BCUT2D eigenvalue weighted by atomic mass is 9.91. The van der Waals surface area contributed by atoms with E-state index in [-0.39, 0.29) is 35.2 Å². The van der Waals surface area contributed by atoms with Crippen molar-refractivity contribution in [3.63, 3.8) is 0 Å². The minimum atomic E-state index is -0.826. The van der Waals surface area contributed by atoms with E-state index in [1.165, 1.54) is 6.07 Å². The normalized spacial score (nSPS) is 19.5. The highest BCUT2D eigenvalue weighted by molar-refractivity contribution is 5.96. The number of nitrogens with zero attached hydrogens (tertiary/aromatic N) is 4. The molecule has 28 heavy (non-hydrogen) atoms. The number of rotatable bonds is 5. The van der Waals surface area contributed by atoms with Crippen LogP contribution in [0.5, 0.6) is 0 Å². The van der Waals surface area contributed by atoms with Gasteiger partial charge in [0.15, 0.2) is 11.5 Å². The Hall–Kier alpha value is -3.34. The predicted octanol–water partition coefficient (Wildman–Crippen LogP) is 1.41. The van der Waals surface area contributed by atoms with Crippen molar-refractivity contribution >= 4 is 34.3 Å². The smallest absolute Gasteiger partial charge is 0.273 e. The number of nitrogens with two attached hydrogens (primary N) is 2. The van der Waals surface area contributed by atoms with Gasteiger partial charge in [-0.15, -0.1) is 10.2 Å². The van der Waals surface area contributed by atoms with Crippen molar-refractivity contribution in [1.29, 1.82) is 0 Å². The number of amides is 1. The van der Waals surface area contributed by atoms with Gasteiger partial charge in [-0.1, -0.05) is 12.8 Å². The molecule has 2 aromatic heterocycles. The fraction of sp³-hybridized carbons (Fsp3) is 0.353. The van der Waals surface area contributed by atoms with E-state index in [4.69, 9.17) is 11.5 Å². The number of primary amides is 1. The molecule has 11 heteroatoms. The fourth-order valence-corrected chi connectivity index (χ4v) is 3.33. The van der Waals surface area contributed by atoms with E-state index in [1.807, 2.05) is 0 Å². The van der Waals surface area contributed by atoms with E-state index >= 15 is 0 Å². The number of aromatic nitrogens is 5. The summed E-state index contributed by atoms with van der Waals surface area (Å²) in [6, 6.07) is 2.82. The molecule has 1 aliphatic carbocycles. The number of hydrogen-bond donors (Lipinski definition) is 5. The second kappa shape index (κ2) is 7.35. The van der Waals surface area contributed by atoms with Gasteiger partial charge in [-0.25, -0.2) is 4.39 Å². The number of hydrogen-bond acceptors (Lipinski definition) is 8. The summed E-state index contributed by atoms with van der Waals surface area (Å²) >= 11 is 0. The zero-order valence-corrected chi connectivity index (χ0v) is 14.9. The fourth-order valence-electron chi connectivity index (χ4n) is 3.33. The van der Waals surface area contributed by atoms with E-state index < -0.39 is 11.7 Å². The Morgan fingerprint density at radius 1 is 1.25 bits per heavy atom. The van der Waals surface area contributed by atoms with Gasteiger partial charge >= 0.3 is 0 Å². The van der Waals surface area contributed by atoms with Gasteiger partial charge in [-0.3, -0.25) is 9.89 Å². The number of fused-ring (bicyclic) bond motifs is 1. The van der Waals surface area contributed by atoms with Crippen LogP contribution in [0.25, 0.3) is 10.9 Å². The largest absolute Gasteiger partial charge is 0.364 e. The van der Waals surface area contributed by atoms with Gasteiger partial charge in [0.25, 0.3) is 5.91 Å². The number of benzene rings is 1. The average Bonchev–Trinajstić information content (AvgIpc) is 3.11. The molecular weight excluding hydrogens is 365 g/mol. The Bertz CT molecular complexity index is 1020. The Morgan fingerprint density at radius 2 is 2.07 bits per heavy atom. The third-order valence-corrected chi connectivity index (χ3v) is 4.83. The molecule has 1 aromatic carbocycles. The number of anilines is 3. The first-order valence-electron chi connectivity index (χ1n) is 8.97. The molecule has 0 radical (unpaired) electrons. The summed E-state index contributed by atoms with van der Waals surface area (Å²) in [6.07, 6.45) is 5.49. The molecule has 0 spiro atoms. The van der Waals surface area contributed by atoms with Crippen LogP contribution in [0.15, 0.2) is 18.3 Å². The summed E-state index contributed by atoms with van der Waals surface area (Å²) in [5.41, 5.74) is 12.0. The Labute approximate surface area is 159 Å². The molecule has 0 unspecified atom stereocenters. The zero-order valence-electron chi connectivity index (χ0n) is 14.9. The van der Waals surface area contributed by atoms with Crippen LogP contribution < -0.4 is 22.1 Å². The number of halogens is 1. The average molecular weight is 385 g/mol. The zero-order chi connectivity index (χ0) is 19.7. The van der Waals surface area contributed by atoms with E-state index in [2.05, 4.69) is 36.0 Å². The first-order chi connectivity index (χ1) is 13.5. The molecular formula is C17H20FN9O. The summed E-state index contributed by atoms with van der Waals surface area (Å²) in [6.45, 7) is 0. The summed E-state index contributed by atoms with van der Waals surface area (Å²) in [7, 11) is 0. The molecule has 1 aliphatic rings. The quantitative estimate of drug-likeness (QED) is 0.440. The minimum Gasteiger partial charge on any atom is -0.364 e. The maximum atomic E-state index is 14.4. The molecule has 2 atom stereocenters. The van der Waals surface area contributed by atoms with Crippen LogP contribution in [-0.2, 0) is 0 Å². The van der Waals surface area contributed by atoms with Gasteiger partial charge in [0.05, 0.1) is 17.4 Å². The molecule has 4 rings (SSSR count). The topological polar surface area (TPSA) is 161 Å². The van der Waals surface area contributed by atoms with Crippen molar-refractivity contribution in [3.8, 4) is 0 Å². The van der Waals surface area contributed by atoms with Crippen molar-refractivity contribution < 1.29 is 9.18 Å². The van der Waals surface area contributed by atoms with Crippen molar-refractivity contribution in [3.05, 3.63) is 29.8 Å². The Morgan fingerprint density at radius 3 is 2.86 bits per heavy atom. The minimum absolute atomic E-state index is 0.00171. The van der Waals surface area contributed by atoms with Gasteiger partial charge in [0.2, 0.25) is 5.95 Å². The molecule has 0 saturated heterocycles. The summed E-state index contributed by atoms with van der Waals surface area (Å²) in [5.74, 6) is -1.17. The molecule has 0 bridgehead atoms. The molecule has 7 N–H and O–H groups in total. The summed E-state index contributed by atoms with van der Waals surface area (Å²) in [5, 5.41) is 21.0. The maximum absolute atomic E-state index is 14.4. The Balaban J connectivity index is 1.65. The number of nitrogens with one attached hydrogen (secondary N) is 3. The maximum Gasteiger partial charge on any atom is 0.273 e. The molecule has 10 nitrogen and oxygen atoms in total. The second-order valence-corrected chi connectivity index (χ2v) is 6.81. The van der Waals surface area contributed by atoms with Crippen LogP contribution in [-0.4, -0.2) is 43.4 Å². The van der Waals surface area contributed by atoms with E-state index in [1.54, 1.807) is 12.3 Å². The van der Waals surface area contributed by atoms with Gasteiger partial charge in [-0.2, -0.15) is 10.1 Å². The van der Waals surface area contributed by atoms with Crippen molar-refractivity contribution in [2.75, 3.05) is 10.6 Å². The predicted molar refractivity (Wildman–Crippen MR) is 102 cm³/mol. The van der Waals surface area contributed by atoms with Crippen LogP contribution in [0, 0.1) is 5.82 Å². The van der Waals surface area contributed by atoms with Crippen LogP contribution in [0.1, 0.15) is 36.2 Å². The SMILES string of the molecule is NC(=O)c1nnc(N[C@@H]2CCCC[C@@H]2N)nc1Nc1cc2cn[nH]c2cc1F. The van der Waals surface area contributed by atoms with Crippen molar-refractivity contribution in [2.24, 2.45) is 11.5 Å². The van der Waals surface area contributed by atoms with Crippen molar-refractivity contribution in [1.82, 2.24) is 25.4 Å². The number of aromatic amines is 1. The summed E-state index contributed by atoms with van der Waals surface area (Å²) < 4.78 is 14.4. The highest BCUT2D eigenvalue weighted by Gasteiger charge is 2.24. The standard InChI is InChI=1S/C17H20FN9O/c18-9-6-12-8(7-21-25-12)5-13(9)22-16-14(15(20)28)26-27-17(24-16)23-11-4-2-1-3-10(11)19/h5-7,10-11H,1-4,19H2,(H2,20,28)(H,21,25)(H2,22,23,24,27)/t10-,11+/m0/s1. The molecule has 1 fully saturated rings. The lowest BCUT2D eigenvalue weighted by Gasteiger charge is -2.29. The van der Waals surface area contributed by atoms with Gasteiger partial charge in [0, 0.05) is 23.5 Å². The van der Waals surface area contributed by atoms with Gasteiger partial charge < -0.3 is 22.1 Å². The van der Waals surface area contributed by atoms with E-state index in [0.717, 1.165) is 25.7 Å². The molecule has 3 aromatic rings. The third-order valence-electron chi connectivity index (χ3n) is 4.83. The van der Waals surface area contributed by atoms with E-state index in [9.17, 15) is 9.18 Å². The van der Waals surface area contributed by atoms with Crippen molar-refractivity contribution in [2.45, 2.75) is 37.8 Å². The Kier molecular flexibility index (Phi) is 4.74. The first kappa shape index (κ1) is 18.0. The molecule has 146 valence electrons. The second-order valence-electron chi connectivity index (χ2n) is 6.81. The monoisotopic (exact) mass is 385 g/mol. The van der Waals surface area contributed by atoms with Gasteiger partial charge in [0.1, 0.15) is 5.82 Å². The number of carbonyl (C=O) groups is 1. The van der Waals surface area contributed by atoms with E-state index in [0.29, 0.717) is 10.9 Å². The molecule has 0 aliphatic heterocycles. The van der Waals surface area contributed by atoms with Crippen LogP contribution in [0.2, 0.25) is 0 Å². The van der Waals surface area contributed by atoms with Crippen LogP contribution in [0.4, 0.5) is 21.8 Å².